The Kier molecular flexibility index (Phi) is 3.59. The molecule has 0 atom stereocenters. The summed E-state index contributed by atoms with van der Waals surface area (Å²) in [6.45, 7) is 0. The van der Waals surface area contributed by atoms with Crippen molar-refractivity contribution in [3.8, 4) is 0 Å². The van der Waals surface area contributed by atoms with E-state index in [9.17, 15) is 4.79 Å². The highest BCUT2D eigenvalue weighted by Crippen LogP contribution is 2.22. The number of Topliss-reactive ketones (excluding diaryl/α,β-unsaturated/α-hetero) is 1. The van der Waals surface area contributed by atoms with Crippen molar-refractivity contribution in [2.75, 3.05) is 0 Å². The molecule has 0 spiro atoms. The maximum atomic E-state index is 12.1. The van der Waals surface area contributed by atoms with Crippen molar-refractivity contribution in [1.29, 1.82) is 0 Å². The molecular weight excluding hydrogens is 305 g/mol. The Labute approximate surface area is 112 Å². The molecule has 0 bridgehead atoms. The Bertz CT molecular complexity index is 568. The number of hydrogen-bond donors (Lipinski definition) is 0. The lowest BCUT2D eigenvalue weighted by Gasteiger charge is -2.04. The molecule has 1 aromatic carbocycles. The van der Waals surface area contributed by atoms with E-state index in [2.05, 4.69) is 26.0 Å². The molecule has 4 nitrogen and oxygen atoms in total. The van der Waals surface area contributed by atoms with Crippen LogP contribution in [-0.2, 0) is 13.5 Å². The molecule has 0 radical (unpaired) electrons. The van der Waals surface area contributed by atoms with Gasteiger partial charge in [0.25, 0.3) is 0 Å². The lowest BCUT2D eigenvalue weighted by molar-refractivity contribution is 0.0989. The van der Waals surface area contributed by atoms with Crippen LogP contribution < -0.4 is 0 Å². The average Bonchev–Trinajstić information content (AvgIpc) is 2.68. The molecule has 0 fully saturated rings. The number of halogens is 2. The summed E-state index contributed by atoms with van der Waals surface area (Å²) < 4.78 is 2.40. The zero-order chi connectivity index (χ0) is 12.4. The number of hydrogen-bond acceptors (Lipinski definition) is 3. The van der Waals surface area contributed by atoms with Crippen LogP contribution in [0.15, 0.2) is 29.0 Å². The van der Waals surface area contributed by atoms with Crippen molar-refractivity contribution in [3.05, 3.63) is 45.4 Å². The highest BCUT2D eigenvalue weighted by molar-refractivity contribution is 9.10. The van der Waals surface area contributed by atoms with E-state index >= 15 is 0 Å². The van der Waals surface area contributed by atoms with Gasteiger partial charge in [0, 0.05) is 17.1 Å². The van der Waals surface area contributed by atoms with Crippen molar-refractivity contribution in [2.24, 2.45) is 7.05 Å². The van der Waals surface area contributed by atoms with Crippen LogP contribution in [0, 0.1) is 0 Å². The number of rotatable bonds is 3. The molecule has 0 saturated heterocycles. The molecule has 1 heterocycles. The third kappa shape index (κ3) is 2.73. The van der Waals surface area contributed by atoms with Crippen molar-refractivity contribution < 1.29 is 4.79 Å². The standard InChI is InChI=1S/C11H9BrClN3O/c1-16-11(14-6-15-16)5-10(17)8-4-7(12)2-3-9(8)13/h2-4,6H,5H2,1H3. The Balaban J connectivity index is 2.26. The minimum atomic E-state index is -0.0765. The van der Waals surface area contributed by atoms with Crippen molar-refractivity contribution >= 4 is 33.3 Å². The summed E-state index contributed by atoms with van der Waals surface area (Å²) in [7, 11) is 1.75. The predicted octanol–water partition coefficient (Wildman–Crippen LogP) is 2.66. The Morgan fingerprint density at radius 2 is 2.29 bits per heavy atom. The maximum absolute atomic E-state index is 12.1. The molecule has 6 heteroatoms. The van der Waals surface area contributed by atoms with E-state index < -0.39 is 0 Å². The largest absolute Gasteiger partial charge is 0.294 e. The van der Waals surface area contributed by atoms with E-state index in [-0.39, 0.29) is 12.2 Å². The molecule has 0 aliphatic rings. The number of carbonyl (C=O) groups excluding carboxylic acids is 1. The Hall–Kier alpha value is -1.20. The minimum absolute atomic E-state index is 0.0765. The predicted molar refractivity (Wildman–Crippen MR) is 68.2 cm³/mol. The minimum Gasteiger partial charge on any atom is -0.294 e. The SMILES string of the molecule is Cn1ncnc1CC(=O)c1cc(Br)ccc1Cl. The molecule has 17 heavy (non-hydrogen) atoms. The lowest BCUT2D eigenvalue weighted by atomic mass is 10.1. The van der Waals surface area contributed by atoms with Gasteiger partial charge in [-0.2, -0.15) is 5.10 Å². The second kappa shape index (κ2) is 4.98. The lowest BCUT2D eigenvalue weighted by Crippen LogP contribution is -2.09. The smallest absolute Gasteiger partial charge is 0.171 e. The number of nitrogens with zero attached hydrogens (tertiary/aromatic N) is 3. The van der Waals surface area contributed by atoms with Gasteiger partial charge < -0.3 is 0 Å². The fourth-order valence-electron chi connectivity index (χ4n) is 1.43. The summed E-state index contributed by atoms with van der Waals surface area (Å²) in [5, 5.41) is 4.36. The van der Waals surface area contributed by atoms with Crippen LogP contribution in [0.5, 0.6) is 0 Å². The molecule has 0 unspecified atom stereocenters. The van der Waals surface area contributed by atoms with E-state index in [1.54, 1.807) is 29.9 Å². The summed E-state index contributed by atoms with van der Waals surface area (Å²) in [6.07, 6.45) is 1.61. The third-order valence-corrected chi connectivity index (χ3v) is 3.18. The first-order valence-electron chi connectivity index (χ1n) is 4.89. The first kappa shape index (κ1) is 12.3. The molecule has 0 saturated carbocycles. The van der Waals surface area contributed by atoms with Crippen LogP contribution in [0.3, 0.4) is 0 Å². The monoisotopic (exact) mass is 313 g/mol. The van der Waals surface area contributed by atoms with Gasteiger partial charge in [0.1, 0.15) is 12.2 Å². The van der Waals surface area contributed by atoms with Crippen LogP contribution in [0.2, 0.25) is 5.02 Å². The number of benzene rings is 1. The highest BCUT2D eigenvalue weighted by Gasteiger charge is 2.14. The van der Waals surface area contributed by atoms with E-state index in [1.807, 2.05) is 0 Å². The number of ketones is 1. The summed E-state index contributed by atoms with van der Waals surface area (Å²) >= 11 is 9.30. The Morgan fingerprint density at radius 3 is 2.94 bits per heavy atom. The molecule has 1 aromatic heterocycles. The summed E-state index contributed by atoms with van der Waals surface area (Å²) in [6, 6.07) is 5.19. The van der Waals surface area contributed by atoms with Crippen molar-refractivity contribution in [1.82, 2.24) is 14.8 Å². The van der Waals surface area contributed by atoms with Gasteiger partial charge in [-0.1, -0.05) is 27.5 Å². The zero-order valence-electron chi connectivity index (χ0n) is 9.02. The van der Waals surface area contributed by atoms with Gasteiger partial charge in [0.05, 0.1) is 11.4 Å². The summed E-state index contributed by atoms with van der Waals surface area (Å²) in [4.78, 5) is 16.1. The number of aromatic nitrogens is 3. The van der Waals surface area contributed by atoms with Crippen molar-refractivity contribution in [2.45, 2.75) is 6.42 Å². The van der Waals surface area contributed by atoms with Gasteiger partial charge in [-0.25, -0.2) is 4.98 Å². The maximum Gasteiger partial charge on any atom is 0.171 e. The van der Waals surface area contributed by atoms with E-state index in [0.717, 1.165) is 4.47 Å². The van der Waals surface area contributed by atoms with Gasteiger partial charge in [-0.15, -0.1) is 0 Å². The van der Waals surface area contributed by atoms with Crippen LogP contribution in [-0.4, -0.2) is 20.5 Å². The van der Waals surface area contributed by atoms with Gasteiger partial charge in [0.15, 0.2) is 5.78 Å². The van der Waals surface area contributed by atoms with E-state index in [4.69, 9.17) is 11.6 Å². The fraction of sp³-hybridized carbons (Fsp3) is 0.182. The van der Waals surface area contributed by atoms with Gasteiger partial charge in [0.2, 0.25) is 0 Å². The van der Waals surface area contributed by atoms with E-state index in [0.29, 0.717) is 16.4 Å². The Morgan fingerprint density at radius 1 is 1.53 bits per heavy atom. The van der Waals surface area contributed by atoms with Gasteiger partial charge in [-0.05, 0) is 18.2 Å². The second-order valence-corrected chi connectivity index (χ2v) is 4.85. The second-order valence-electron chi connectivity index (χ2n) is 3.52. The van der Waals surface area contributed by atoms with Crippen LogP contribution >= 0.6 is 27.5 Å². The van der Waals surface area contributed by atoms with Crippen molar-refractivity contribution in [3.63, 3.8) is 0 Å². The first-order valence-corrected chi connectivity index (χ1v) is 6.06. The molecule has 0 aliphatic heterocycles. The normalized spacial score (nSPS) is 10.5. The van der Waals surface area contributed by atoms with Crippen LogP contribution in [0.1, 0.15) is 16.2 Å². The topological polar surface area (TPSA) is 47.8 Å². The molecule has 0 aliphatic carbocycles. The fourth-order valence-corrected chi connectivity index (χ4v) is 2.01. The molecule has 2 aromatic rings. The summed E-state index contributed by atoms with van der Waals surface area (Å²) in [5.41, 5.74) is 0.490. The zero-order valence-corrected chi connectivity index (χ0v) is 11.4. The molecule has 0 amide bonds. The van der Waals surface area contributed by atoms with Gasteiger partial charge >= 0.3 is 0 Å². The molecule has 2 rings (SSSR count). The third-order valence-electron chi connectivity index (χ3n) is 2.35. The van der Waals surface area contributed by atoms with Crippen LogP contribution in [0.4, 0.5) is 0 Å². The van der Waals surface area contributed by atoms with E-state index in [1.165, 1.54) is 6.33 Å². The molecule has 88 valence electrons. The van der Waals surface area contributed by atoms with Crippen LogP contribution in [0.25, 0.3) is 0 Å². The number of carbonyl (C=O) groups is 1. The summed E-state index contributed by atoms with van der Waals surface area (Å²) in [5.74, 6) is 0.540. The first-order chi connectivity index (χ1) is 8.08. The molecular formula is C11H9BrClN3O. The highest BCUT2D eigenvalue weighted by atomic mass is 79.9. The van der Waals surface area contributed by atoms with Gasteiger partial charge in [-0.3, -0.25) is 9.48 Å². The molecule has 0 N–H and O–H groups in total. The average molecular weight is 315 g/mol. The quantitative estimate of drug-likeness (QED) is 0.818. The number of aryl methyl sites for hydroxylation is 1.